The lowest BCUT2D eigenvalue weighted by Gasteiger charge is -2.34. The Bertz CT molecular complexity index is 1990. The predicted molar refractivity (Wildman–Crippen MR) is 180 cm³/mol. The molecule has 1 saturated heterocycles. The maximum Gasteiger partial charge on any atom is 0.410 e. The Kier molecular flexibility index (Phi) is 8.41. The number of rotatable bonds is 4. The second-order valence-electron chi connectivity index (χ2n) is 13.5. The van der Waals surface area contributed by atoms with E-state index in [0.29, 0.717) is 58.5 Å². The molecule has 0 aliphatic carbocycles. The first-order chi connectivity index (χ1) is 22.1. The van der Waals surface area contributed by atoms with Crippen LogP contribution >= 0.6 is 0 Å². The highest BCUT2D eigenvalue weighted by Gasteiger charge is 2.37. The summed E-state index contributed by atoms with van der Waals surface area (Å²) in [6, 6.07) is 10.1. The zero-order chi connectivity index (χ0) is 33.8. The van der Waals surface area contributed by atoms with Gasteiger partial charge in [0, 0.05) is 55.5 Å². The highest BCUT2D eigenvalue weighted by molar-refractivity contribution is 7.93. The van der Waals surface area contributed by atoms with Crippen molar-refractivity contribution in [3.8, 4) is 17.2 Å². The fourth-order valence-corrected chi connectivity index (χ4v) is 8.27. The molecule has 2 aliphatic rings. The van der Waals surface area contributed by atoms with Gasteiger partial charge in [-0.1, -0.05) is 0 Å². The van der Waals surface area contributed by atoms with E-state index in [2.05, 4.69) is 9.26 Å². The van der Waals surface area contributed by atoms with Gasteiger partial charge in [-0.25, -0.2) is 22.9 Å². The largest absolute Gasteiger partial charge is 0.444 e. The van der Waals surface area contributed by atoms with Crippen LogP contribution in [0.4, 0.5) is 14.9 Å². The predicted octanol–water partition coefficient (Wildman–Crippen LogP) is 5.47. The van der Waals surface area contributed by atoms with Crippen molar-refractivity contribution in [1.29, 1.82) is 0 Å². The third-order valence-corrected chi connectivity index (χ3v) is 10.9. The molecule has 2 aliphatic heterocycles. The number of carbonyl (C=O) groups excluding carboxylic acids is 1. The number of ether oxygens (including phenoxy) is 1. The fraction of sp³-hybridized carbons (Fsp3) is 0.441. The maximum atomic E-state index is 14.7. The lowest BCUT2D eigenvalue weighted by atomic mass is 10.00. The molecular weight excluding hydrogens is 621 g/mol. The van der Waals surface area contributed by atoms with Gasteiger partial charge in [-0.05, 0) is 96.1 Å². The molecule has 13 heteroatoms. The van der Waals surface area contributed by atoms with Crippen LogP contribution in [0, 0.1) is 19.7 Å². The van der Waals surface area contributed by atoms with Crippen molar-refractivity contribution in [2.75, 3.05) is 38.2 Å². The van der Waals surface area contributed by atoms with Gasteiger partial charge in [0.1, 0.15) is 17.2 Å². The Balaban J connectivity index is 1.43. The van der Waals surface area contributed by atoms with Gasteiger partial charge in [-0.2, -0.15) is 9.46 Å². The molecule has 47 heavy (non-hydrogen) atoms. The third kappa shape index (κ3) is 6.38. The summed E-state index contributed by atoms with van der Waals surface area (Å²) in [5.41, 5.74) is 3.20. The van der Waals surface area contributed by atoms with Crippen molar-refractivity contribution in [3.63, 3.8) is 0 Å². The molecule has 2 aromatic carbocycles. The third-order valence-electron chi connectivity index (χ3n) is 8.73. The minimum atomic E-state index is -2.32. The normalized spacial score (nSPS) is 18.2. The fourth-order valence-electron chi connectivity index (χ4n) is 6.18. The topological polar surface area (TPSA) is 107 Å². The molecule has 0 bridgehead atoms. The summed E-state index contributed by atoms with van der Waals surface area (Å²) >= 11 is 0. The second kappa shape index (κ2) is 12.1. The highest BCUT2D eigenvalue weighted by Crippen LogP contribution is 2.36. The van der Waals surface area contributed by atoms with Crippen LogP contribution in [0.2, 0.25) is 0 Å². The van der Waals surface area contributed by atoms with Crippen LogP contribution in [0.3, 0.4) is 0 Å². The lowest BCUT2D eigenvalue weighted by Crippen LogP contribution is -2.42. The van der Waals surface area contributed by atoms with Crippen LogP contribution in [0.25, 0.3) is 17.2 Å². The van der Waals surface area contributed by atoms with Crippen LogP contribution in [0.15, 0.2) is 57.9 Å². The highest BCUT2D eigenvalue weighted by atomic mass is 32.2. The van der Waals surface area contributed by atoms with E-state index in [0.717, 1.165) is 24.3 Å². The number of benzene rings is 2. The first-order valence-corrected chi connectivity index (χ1v) is 17.7. The van der Waals surface area contributed by atoms with Crippen molar-refractivity contribution < 1.29 is 18.1 Å². The first-order valence-electron chi connectivity index (χ1n) is 15.8. The number of hydrogen-bond donors (Lipinski definition) is 0. The molecule has 1 amide bonds. The molecule has 2 aromatic heterocycles. The average Bonchev–Trinajstić information content (AvgIpc) is 3.57. The van der Waals surface area contributed by atoms with E-state index in [1.807, 2.05) is 34.7 Å². The zero-order valence-electron chi connectivity index (χ0n) is 28.0. The Morgan fingerprint density at radius 3 is 2.23 bits per heavy atom. The monoisotopic (exact) mass is 663 g/mol. The van der Waals surface area contributed by atoms with Crippen LogP contribution in [-0.4, -0.2) is 82.8 Å². The van der Waals surface area contributed by atoms with Gasteiger partial charge in [0.2, 0.25) is 0 Å². The minimum Gasteiger partial charge on any atom is -0.444 e. The number of aryl methyl sites for hydroxylation is 2. The van der Waals surface area contributed by atoms with E-state index >= 15 is 0 Å². The molecular formula is C34H42FN7O4S. The van der Waals surface area contributed by atoms with Gasteiger partial charge in [0.25, 0.3) is 0 Å². The first kappa shape index (κ1) is 32.7. The van der Waals surface area contributed by atoms with E-state index in [-0.39, 0.29) is 11.5 Å². The second-order valence-corrected chi connectivity index (χ2v) is 16.0. The van der Waals surface area contributed by atoms with Gasteiger partial charge in [0.15, 0.2) is 0 Å². The summed E-state index contributed by atoms with van der Waals surface area (Å²) in [4.78, 5) is 31.2. The van der Waals surface area contributed by atoms with E-state index in [4.69, 9.17) is 9.84 Å². The number of amides is 1. The molecule has 4 aromatic rings. The van der Waals surface area contributed by atoms with Crippen molar-refractivity contribution >= 4 is 21.5 Å². The van der Waals surface area contributed by atoms with Crippen molar-refractivity contribution in [2.45, 2.75) is 59.6 Å². The quantitative estimate of drug-likeness (QED) is 0.287. The number of imidazole rings is 1. The summed E-state index contributed by atoms with van der Waals surface area (Å²) < 4.78 is 42.9. The Hall–Kier alpha value is -4.23. The van der Waals surface area contributed by atoms with E-state index in [1.165, 1.54) is 9.13 Å². The van der Waals surface area contributed by atoms with Crippen LogP contribution in [0.5, 0.6) is 0 Å². The average molecular weight is 664 g/mol. The summed E-state index contributed by atoms with van der Waals surface area (Å²) in [5.74, 6) is 1.24. The maximum absolute atomic E-state index is 14.7. The molecule has 0 N–H and O–H groups in total. The van der Waals surface area contributed by atoms with Gasteiger partial charge >= 0.3 is 11.8 Å². The molecule has 6 rings (SSSR count). The molecule has 1 atom stereocenters. The molecule has 0 spiro atoms. The Labute approximate surface area is 274 Å². The smallest absolute Gasteiger partial charge is 0.410 e. The number of nitrogens with zero attached hydrogens (tertiary/aromatic N) is 7. The standard InChI is InChI=1S/C34H42FN7O4S/c1-22-20-27(21-23(2)30(22)35)42-31(29-24(3)39(13-12-28(29)36-42)33(44)46-34(4,5)6)41-15-14-40(32(41)43)26-10-8-25(9-11-26)37-47(45)18-16-38(7)17-19-47/h8-11,14-15,20-21,24H,12-13,16-19H2,1-7H3/t24-/m0/s1. The number of fused-ring (bicyclic) bond motifs is 1. The van der Waals surface area contributed by atoms with Crippen molar-refractivity contribution in [3.05, 3.63) is 87.5 Å². The Morgan fingerprint density at radius 1 is 1.00 bits per heavy atom. The van der Waals surface area contributed by atoms with E-state index < -0.39 is 27.5 Å². The summed E-state index contributed by atoms with van der Waals surface area (Å²) in [5, 5.41) is 4.93. The molecule has 1 fully saturated rings. The van der Waals surface area contributed by atoms with Crippen molar-refractivity contribution in [2.24, 2.45) is 4.36 Å². The molecule has 250 valence electrons. The van der Waals surface area contributed by atoms with Gasteiger partial charge in [0.05, 0.1) is 38.5 Å². The van der Waals surface area contributed by atoms with Gasteiger partial charge < -0.3 is 14.5 Å². The minimum absolute atomic E-state index is 0.296. The van der Waals surface area contributed by atoms with Crippen molar-refractivity contribution in [1.82, 2.24) is 28.7 Å². The van der Waals surface area contributed by atoms with E-state index in [1.54, 1.807) is 72.2 Å². The van der Waals surface area contributed by atoms with Crippen LogP contribution in [0.1, 0.15) is 56.1 Å². The number of aromatic nitrogens is 4. The zero-order valence-corrected chi connectivity index (χ0v) is 28.8. The van der Waals surface area contributed by atoms with Crippen LogP contribution in [-0.2, 0) is 20.9 Å². The number of halogens is 1. The molecule has 0 unspecified atom stereocenters. The van der Waals surface area contributed by atoms with Crippen LogP contribution < -0.4 is 5.69 Å². The van der Waals surface area contributed by atoms with E-state index in [9.17, 15) is 18.2 Å². The van der Waals surface area contributed by atoms with Gasteiger partial charge in [-0.3, -0.25) is 9.13 Å². The summed E-state index contributed by atoms with van der Waals surface area (Å²) in [7, 11) is -0.308. The SMILES string of the molecule is Cc1cc(-n2nc3c(c2-n2ccn(-c4ccc(N=S5(=O)CCN(C)CC5)cc4)c2=O)[C@H](C)N(C(=O)OC(C)(C)C)CC3)cc(C)c1F. The summed E-state index contributed by atoms with van der Waals surface area (Å²) in [6.07, 6.45) is 3.36. The summed E-state index contributed by atoms with van der Waals surface area (Å²) in [6.45, 7) is 12.7. The molecule has 11 nitrogen and oxygen atoms in total. The lowest BCUT2D eigenvalue weighted by molar-refractivity contribution is 0.0159. The molecule has 0 saturated carbocycles. The Morgan fingerprint density at radius 2 is 1.62 bits per heavy atom. The number of hydrogen-bond acceptors (Lipinski definition) is 7. The molecule has 0 radical (unpaired) electrons. The van der Waals surface area contributed by atoms with Gasteiger partial charge in [-0.15, -0.1) is 0 Å². The molecule has 4 heterocycles. The number of carbonyl (C=O) groups is 1.